The lowest BCUT2D eigenvalue weighted by molar-refractivity contribution is -0.906. The second-order valence-electron chi connectivity index (χ2n) is 8.89. The highest BCUT2D eigenvalue weighted by molar-refractivity contribution is 6.42. The van der Waals surface area contributed by atoms with Crippen molar-refractivity contribution in [3.8, 4) is 11.5 Å². The molecule has 0 fully saturated rings. The van der Waals surface area contributed by atoms with Crippen molar-refractivity contribution in [2.75, 3.05) is 13.7 Å². The highest BCUT2D eigenvalue weighted by Gasteiger charge is 2.42. The molecule has 2 atom stereocenters. The predicted octanol–water partition coefficient (Wildman–Crippen LogP) is 4.57. The number of aliphatic hydroxyl groups is 1. The molecule has 1 aromatic heterocycles. The van der Waals surface area contributed by atoms with Crippen LogP contribution in [0, 0.1) is 0 Å². The third-order valence-corrected chi connectivity index (χ3v) is 7.57. The lowest BCUT2D eigenvalue weighted by Gasteiger charge is -2.37. The second kappa shape index (κ2) is 12.2. The van der Waals surface area contributed by atoms with Gasteiger partial charge in [0.05, 0.1) is 46.0 Å². The summed E-state index contributed by atoms with van der Waals surface area (Å²) in [5.41, 5.74) is -3.48. The van der Waals surface area contributed by atoms with E-state index in [0.717, 1.165) is 6.20 Å². The van der Waals surface area contributed by atoms with Crippen LogP contribution in [0.4, 0.5) is 0 Å². The number of nitrogens with one attached hydrogen (secondary N) is 1. The Bertz CT molecular complexity index is 1350. The molecule has 1 unspecified atom stereocenters. The Hall–Kier alpha value is -2.79. The molecular weight excluding hydrogens is 594 g/mol. The number of hydrogen-bond donors (Lipinski definition) is 4. The van der Waals surface area contributed by atoms with Crippen molar-refractivity contribution in [2.24, 2.45) is 0 Å². The maximum Gasteiger partial charge on any atom is 0.366 e. The van der Waals surface area contributed by atoms with Gasteiger partial charge >= 0.3 is 11.6 Å². The number of ether oxygens (including phenoxy) is 2. The van der Waals surface area contributed by atoms with Gasteiger partial charge in [-0.2, -0.15) is 0 Å². The average Bonchev–Trinajstić information content (AvgIpc) is 2.90. The number of nitrogens with zero attached hydrogens (tertiary/aromatic N) is 1. The van der Waals surface area contributed by atoms with Crippen molar-refractivity contribution in [3.63, 3.8) is 0 Å². The Kier molecular flexibility index (Phi) is 9.59. The molecule has 0 aliphatic heterocycles. The van der Waals surface area contributed by atoms with Gasteiger partial charge in [0.1, 0.15) is 17.4 Å². The van der Waals surface area contributed by atoms with Gasteiger partial charge < -0.3 is 29.8 Å². The van der Waals surface area contributed by atoms with Crippen molar-refractivity contribution in [3.05, 3.63) is 85.6 Å². The highest BCUT2D eigenvalue weighted by Crippen LogP contribution is 2.39. The van der Waals surface area contributed by atoms with Crippen molar-refractivity contribution in [1.82, 2.24) is 5.32 Å². The molecule has 0 saturated heterocycles. The van der Waals surface area contributed by atoms with Crippen LogP contribution in [0.25, 0.3) is 0 Å². The van der Waals surface area contributed by atoms with E-state index in [1.807, 2.05) is 0 Å². The molecular formula is C26H25Cl4N2O7+. The van der Waals surface area contributed by atoms with Gasteiger partial charge in [-0.05, 0) is 49.2 Å². The molecule has 3 rings (SSSR count). The van der Waals surface area contributed by atoms with E-state index in [1.54, 1.807) is 19.1 Å². The molecule has 0 saturated carbocycles. The third kappa shape index (κ3) is 6.35. The summed E-state index contributed by atoms with van der Waals surface area (Å²) in [5, 5.41) is 35.7. The number of rotatable bonds is 10. The maximum absolute atomic E-state index is 12.9. The summed E-state index contributed by atoms with van der Waals surface area (Å²) in [6.45, 7) is 2.49. The summed E-state index contributed by atoms with van der Waals surface area (Å²) in [4.78, 5) is 25.0. The molecule has 0 bridgehead atoms. The van der Waals surface area contributed by atoms with Crippen LogP contribution < -0.4 is 14.8 Å². The fraction of sp³-hybridized carbons (Fsp3) is 0.269. The van der Waals surface area contributed by atoms with Crippen LogP contribution in [0.5, 0.6) is 11.5 Å². The van der Waals surface area contributed by atoms with Crippen LogP contribution in [0.15, 0.2) is 48.7 Å². The van der Waals surface area contributed by atoms with E-state index in [1.165, 1.54) is 44.4 Å². The minimum absolute atomic E-state index is 0.0727. The van der Waals surface area contributed by atoms with Gasteiger partial charge in [0.25, 0.3) is 0 Å². The zero-order valence-corrected chi connectivity index (χ0v) is 23.9. The van der Waals surface area contributed by atoms with E-state index in [9.17, 15) is 25.0 Å². The first kappa shape index (κ1) is 30.7. The Morgan fingerprint density at radius 3 is 2.05 bits per heavy atom. The van der Waals surface area contributed by atoms with Gasteiger partial charge in [0, 0.05) is 4.73 Å². The van der Waals surface area contributed by atoms with E-state index >= 15 is 0 Å². The molecule has 3 aromatic rings. The molecule has 9 nitrogen and oxygen atoms in total. The largest absolute Gasteiger partial charge is 0.499 e. The van der Waals surface area contributed by atoms with E-state index in [2.05, 4.69) is 5.32 Å². The third-order valence-electron chi connectivity index (χ3n) is 6.09. The number of aromatic hydroxyl groups is 1. The number of halogens is 4. The van der Waals surface area contributed by atoms with Gasteiger partial charge in [0.15, 0.2) is 5.75 Å². The standard InChI is InChI=1S/C26H24Cl4N2O7/c1-14(26(36,15-4-6-17(27)19(29)10-15)16-5-7-18(28)20(30)11-16)39-13-25(2,12-33)31-24(35)22-23(34)21(38-3)8-9-32(22)37/h4-12,14,36H,13H2,1-3H3,(H2-,31,34,35,37)/p+1/t14-,25?/m0/s1. The van der Waals surface area contributed by atoms with Crippen molar-refractivity contribution < 1.29 is 39.2 Å². The van der Waals surface area contributed by atoms with Crippen LogP contribution in [0.1, 0.15) is 35.5 Å². The number of carbonyl (C=O) groups is 2. The first-order valence-electron chi connectivity index (χ1n) is 11.3. The summed E-state index contributed by atoms with van der Waals surface area (Å²) in [6, 6.07) is 10.3. The first-order chi connectivity index (χ1) is 18.3. The SMILES string of the molecule is COc1cc[n+](O)c(C(=O)NC(C)(C=O)CO[C@@H](C)C(O)(c2ccc(Cl)c(Cl)c2)c2ccc(Cl)c(Cl)c2)c1O. The van der Waals surface area contributed by atoms with E-state index in [4.69, 9.17) is 55.9 Å². The first-order valence-corrected chi connectivity index (χ1v) is 12.8. The molecule has 13 heteroatoms. The van der Waals surface area contributed by atoms with Crippen molar-refractivity contribution >= 4 is 58.6 Å². The number of aromatic nitrogens is 1. The summed E-state index contributed by atoms with van der Waals surface area (Å²) in [6.07, 6.45) is 0.448. The maximum atomic E-state index is 12.9. The summed E-state index contributed by atoms with van der Waals surface area (Å²) >= 11 is 24.6. The molecule has 1 amide bonds. The molecule has 2 aromatic carbocycles. The Morgan fingerprint density at radius 1 is 1.05 bits per heavy atom. The predicted molar refractivity (Wildman–Crippen MR) is 145 cm³/mol. The summed E-state index contributed by atoms with van der Waals surface area (Å²) in [5.74, 6) is -1.71. The number of pyridine rings is 1. The minimum Gasteiger partial charge on any atom is -0.499 e. The molecule has 0 aliphatic carbocycles. The molecule has 0 aliphatic rings. The zero-order chi connectivity index (χ0) is 29.1. The summed E-state index contributed by atoms with van der Waals surface area (Å²) in [7, 11) is 1.27. The zero-order valence-electron chi connectivity index (χ0n) is 20.9. The minimum atomic E-state index is -1.87. The molecule has 0 spiro atoms. The van der Waals surface area contributed by atoms with Gasteiger partial charge in [-0.3, -0.25) is 10.0 Å². The van der Waals surface area contributed by atoms with Gasteiger partial charge in [0.2, 0.25) is 11.9 Å². The number of benzene rings is 2. The fourth-order valence-electron chi connectivity index (χ4n) is 3.83. The van der Waals surface area contributed by atoms with Gasteiger partial charge in [-0.25, -0.2) is 0 Å². The summed E-state index contributed by atoms with van der Waals surface area (Å²) < 4.78 is 11.3. The van der Waals surface area contributed by atoms with Gasteiger partial charge in [-0.15, -0.1) is 0 Å². The smallest absolute Gasteiger partial charge is 0.366 e. The molecule has 0 radical (unpaired) electrons. The van der Waals surface area contributed by atoms with Crippen molar-refractivity contribution in [2.45, 2.75) is 31.1 Å². The molecule has 39 heavy (non-hydrogen) atoms. The Morgan fingerprint density at radius 2 is 1.59 bits per heavy atom. The lowest BCUT2D eigenvalue weighted by Crippen LogP contribution is -2.55. The van der Waals surface area contributed by atoms with Crippen LogP contribution in [0.3, 0.4) is 0 Å². The average molecular weight is 619 g/mol. The molecule has 1 heterocycles. The van der Waals surface area contributed by atoms with Crippen molar-refractivity contribution in [1.29, 1.82) is 0 Å². The van der Waals surface area contributed by atoms with Crippen LogP contribution >= 0.6 is 46.4 Å². The van der Waals surface area contributed by atoms with E-state index in [0.29, 0.717) is 22.1 Å². The highest BCUT2D eigenvalue weighted by atomic mass is 35.5. The molecule has 208 valence electrons. The van der Waals surface area contributed by atoms with Crippen LogP contribution in [-0.4, -0.2) is 53.0 Å². The lowest BCUT2D eigenvalue weighted by atomic mass is 9.82. The molecule has 4 N–H and O–H groups in total. The Balaban J connectivity index is 1.93. The quantitative estimate of drug-likeness (QED) is 0.149. The fourth-order valence-corrected chi connectivity index (χ4v) is 4.43. The number of carbonyl (C=O) groups excluding carboxylic acids is 2. The normalized spacial score (nSPS) is 13.8. The van der Waals surface area contributed by atoms with E-state index < -0.39 is 41.2 Å². The second-order valence-corrected chi connectivity index (χ2v) is 10.5. The van der Waals surface area contributed by atoms with Crippen LogP contribution in [0.2, 0.25) is 20.1 Å². The Labute approximate surface area is 244 Å². The number of methoxy groups -OCH3 is 1. The monoisotopic (exact) mass is 617 g/mol. The number of hydrogen-bond acceptors (Lipinski definition) is 7. The number of aldehydes is 1. The number of amides is 1. The topological polar surface area (TPSA) is 129 Å². The van der Waals surface area contributed by atoms with Gasteiger partial charge in [-0.1, -0.05) is 58.5 Å². The van der Waals surface area contributed by atoms with E-state index in [-0.39, 0.29) is 25.8 Å². The van der Waals surface area contributed by atoms with Crippen LogP contribution in [-0.2, 0) is 15.1 Å².